The van der Waals surface area contributed by atoms with Gasteiger partial charge < -0.3 is 10.1 Å². The van der Waals surface area contributed by atoms with E-state index in [2.05, 4.69) is 24.1 Å². The molecule has 2 rings (SSSR count). The van der Waals surface area contributed by atoms with Crippen LogP contribution in [0, 0.1) is 0 Å². The maximum atomic E-state index is 5.93. The van der Waals surface area contributed by atoms with Crippen LogP contribution in [-0.4, -0.2) is 24.2 Å². The molecule has 1 aromatic carbocycles. The minimum absolute atomic E-state index is 0.153. The van der Waals surface area contributed by atoms with Crippen molar-refractivity contribution in [2.24, 2.45) is 0 Å². The molecule has 0 aliphatic carbocycles. The van der Waals surface area contributed by atoms with E-state index in [9.17, 15) is 0 Å². The van der Waals surface area contributed by atoms with E-state index in [1.165, 1.54) is 0 Å². The van der Waals surface area contributed by atoms with Gasteiger partial charge in [-0.3, -0.25) is 4.98 Å². The smallest absolute Gasteiger partial charge is 0.129 e. The highest BCUT2D eigenvalue weighted by Crippen LogP contribution is 2.24. The maximum Gasteiger partial charge on any atom is 0.129 e. The average molecular weight is 230 g/mol. The third-order valence-electron chi connectivity index (χ3n) is 2.62. The van der Waals surface area contributed by atoms with Crippen LogP contribution in [0.1, 0.15) is 13.8 Å². The molecule has 1 atom stereocenters. The van der Waals surface area contributed by atoms with Crippen molar-refractivity contribution in [3.63, 3.8) is 0 Å². The van der Waals surface area contributed by atoms with Crippen LogP contribution in [0.4, 0.5) is 0 Å². The first kappa shape index (κ1) is 11.9. The summed E-state index contributed by atoms with van der Waals surface area (Å²) in [6.45, 7) is 5.98. The van der Waals surface area contributed by atoms with Crippen LogP contribution in [0.15, 0.2) is 36.5 Å². The molecule has 1 aromatic heterocycles. The highest BCUT2D eigenvalue weighted by Gasteiger charge is 2.06. The summed E-state index contributed by atoms with van der Waals surface area (Å²) in [4.78, 5) is 4.32. The average Bonchev–Trinajstić information content (AvgIpc) is 2.37. The normalized spacial score (nSPS) is 12.6. The molecule has 0 fully saturated rings. The topological polar surface area (TPSA) is 34.1 Å². The summed E-state index contributed by atoms with van der Waals surface area (Å²) >= 11 is 0. The number of likely N-dealkylation sites (N-methyl/N-ethyl adjacent to an activating group) is 1. The highest BCUT2D eigenvalue weighted by atomic mass is 16.5. The molecule has 0 saturated carbocycles. The molecule has 1 heterocycles. The quantitative estimate of drug-likeness (QED) is 0.857. The molecule has 0 saturated heterocycles. The van der Waals surface area contributed by atoms with Crippen molar-refractivity contribution in [1.82, 2.24) is 10.3 Å². The number of hydrogen-bond donors (Lipinski definition) is 1. The second-order valence-electron chi connectivity index (χ2n) is 4.06. The van der Waals surface area contributed by atoms with Gasteiger partial charge in [-0.2, -0.15) is 0 Å². The van der Waals surface area contributed by atoms with Gasteiger partial charge in [0.05, 0.1) is 5.52 Å². The third kappa shape index (κ3) is 2.94. The van der Waals surface area contributed by atoms with Crippen molar-refractivity contribution in [3.8, 4) is 5.75 Å². The van der Waals surface area contributed by atoms with Crippen molar-refractivity contribution in [3.05, 3.63) is 36.5 Å². The van der Waals surface area contributed by atoms with Gasteiger partial charge in [0.1, 0.15) is 11.9 Å². The Morgan fingerprint density at radius 3 is 3.00 bits per heavy atom. The van der Waals surface area contributed by atoms with E-state index in [0.29, 0.717) is 0 Å². The lowest BCUT2D eigenvalue weighted by Crippen LogP contribution is -2.28. The molecule has 1 N–H and O–H groups in total. The highest BCUT2D eigenvalue weighted by molar-refractivity contribution is 5.84. The molecular formula is C14H18N2O. The minimum Gasteiger partial charge on any atom is -0.489 e. The van der Waals surface area contributed by atoms with Crippen LogP contribution in [0.25, 0.3) is 10.9 Å². The predicted octanol–water partition coefficient (Wildman–Crippen LogP) is 2.61. The molecular weight excluding hydrogens is 212 g/mol. The first-order valence-corrected chi connectivity index (χ1v) is 6.02. The summed E-state index contributed by atoms with van der Waals surface area (Å²) in [7, 11) is 0. The Bertz CT molecular complexity index is 479. The fourth-order valence-corrected chi connectivity index (χ4v) is 1.78. The Hall–Kier alpha value is -1.61. The molecule has 3 nitrogen and oxygen atoms in total. The van der Waals surface area contributed by atoms with Gasteiger partial charge in [0.15, 0.2) is 0 Å². The fourth-order valence-electron chi connectivity index (χ4n) is 1.78. The Balaban J connectivity index is 2.18. The number of benzene rings is 1. The van der Waals surface area contributed by atoms with E-state index in [-0.39, 0.29) is 6.10 Å². The first-order valence-electron chi connectivity index (χ1n) is 6.02. The molecule has 17 heavy (non-hydrogen) atoms. The Labute approximate surface area is 102 Å². The summed E-state index contributed by atoms with van der Waals surface area (Å²) < 4.78 is 5.93. The maximum absolute atomic E-state index is 5.93. The molecule has 0 bridgehead atoms. The third-order valence-corrected chi connectivity index (χ3v) is 2.62. The van der Waals surface area contributed by atoms with Crippen LogP contribution < -0.4 is 10.1 Å². The van der Waals surface area contributed by atoms with Gasteiger partial charge in [0.2, 0.25) is 0 Å². The summed E-state index contributed by atoms with van der Waals surface area (Å²) in [5.74, 6) is 0.904. The van der Waals surface area contributed by atoms with Gasteiger partial charge in [-0.25, -0.2) is 0 Å². The van der Waals surface area contributed by atoms with Crippen molar-refractivity contribution >= 4 is 10.9 Å². The van der Waals surface area contributed by atoms with Crippen LogP contribution in [0.5, 0.6) is 5.75 Å². The van der Waals surface area contributed by atoms with Gasteiger partial charge in [-0.05, 0) is 37.7 Å². The summed E-state index contributed by atoms with van der Waals surface area (Å²) in [6, 6.07) is 9.94. The van der Waals surface area contributed by atoms with Gasteiger partial charge in [-0.15, -0.1) is 0 Å². The molecule has 0 aliphatic rings. The van der Waals surface area contributed by atoms with E-state index in [1.54, 1.807) is 6.20 Å². The van der Waals surface area contributed by atoms with Crippen molar-refractivity contribution in [2.45, 2.75) is 20.0 Å². The molecule has 0 amide bonds. The second kappa shape index (κ2) is 5.64. The summed E-state index contributed by atoms with van der Waals surface area (Å²) in [5, 5.41) is 4.34. The largest absolute Gasteiger partial charge is 0.489 e. The lowest BCUT2D eigenvalue weighted by Gasteiger charge is -2.16. The number of rotatable bonds is 5. The summed E-state index contributed by atoms with van der Waals surface area (Å²) in [6.07, 6.45) is 1.95. The molecule has 3 heteroatoms. The van der Waals surface area contributed by atoms with Crippen LogP contribution in [0.2, 0.25) is 0 Å². The van der Waals surface area contributed by atoms with Gasteiger partial charge in [-0.1, -0.05) is 13.0 Å². The number of fused-ring (bicyclic) bond motifs is 1. The van der Waals surface area contributed by atoms with Crippen molar-refractivity contribution in [2.75, 3.05) is 13.1 Å². The van der Waals surface area contributed by atoms with Gasteiger partial charge in [0.25, 0.3) is 0 Å². The van der Waals surface area contributed by atoms with Crippen molar-refractivity contribution in [1.29, 1.82) is 0 Å². The zero-order valence-corrected chi connectivity index (χ0v) is 10.3. The van der Waals surface area contributed by atoms with Crippen LogP contribution >= 0.6 is 0 Å². The lowest BCUT2D eigenvalue weighted by atomic mass is 10.2. The number of aromatic nitrogens is 1. The van der Waals surface area contributed by atoms with E-state index < -0.39 is 0 Å². The van der Waals surface area contributed by atoms with Crippen LogP contribution in [0.3, 0.4) is 0 Å². The summed E-state index contributed by atoms with van der Waals surface area (Å²) in [5.41, 5.74) is 0.973. The van der Waals surface area contributed by atoms with E-state index in [4.69, 9.17) is 4.74 Å². The molecule has 0 spiro atoms. The zero-order valence-electron chi connectivity index (χ0n) is 10.3. The first-order chi connectivity index (χ1) is 8.31. The number of nitrogens with one attached hydrogen (secondary N) is 1. The number of pyridine rings is 1. The van der Waals surface area contributed by atoms with E-state index >= 15 is 0 Å². The van der Waals surface area contributed by atoms with E-state index in [0.717, 1.165) is 29.7 Å². The Kier molecular flexibility index (Phi) is 3.94. The predicted molar refractivity (Wildman–Crippen MR) is 70.4 cm³/mol. The zero-order chi connectivity index (χ0) is 12.1. The van der Waals surface area contributed by atoms with Gasteiger partial charge in [0, 0.05) is 18.1 Å². The lowest BCUT2D eigenvalue weighted by molar-refractivity contribution is 0.221. The second-order valence-corrected chi connectivity index (χ2v) is 4.06. The number of nitrogens with zero attached hydrogens (tertiary/aromatic N) is 1. The Morgan fingerprint density at radius 1 is 1.29 bits per heavy atom. The monoisotopic (exact) mass is 230 g/mol. The SMILES string of the molecule is CCNCC(C)Oc1cccc2ncccc12. The molecule has 0 aliphatic heterocycles. The molecule has 1 unspecified atom stereocenters. The number of hydrogen-bond acceptors (Lipinski definition) is 3. The van der Waals surface area contributed by atoms with E-state index in [1.807, 2.05) is 30.3 Å². The Morgan fingerprint density at radius 2 is 2.18 bits per heavy atom. The van der Waals surface area contributed by atoms with Crippen LogP contribution in [-0.2, 0) is 0 Å². The van der Waals surface area contributed by atoms with Crippen molar-refractivity contribution < 1.29 is 4.74 Å². The minimum atomic E-state index is 0.153. The standard InChI is InChI=1S/C14H18N2O/c1-3-15-10-11(2)17-14-8-4-7-13-12(14)6-5-9-16-13/h4-9,11,15H,3,10H2,1-2H3. The molecule has 90 valence electrons. The van der Waals surface area contributed by atoms with Gasteiger partial charge >= 0.3 is 0 Å². The number of ether oxygens (including phenoxy) is 1. The molecule has 0 radical (unpaired) electrons. The fraction of sp³-hybridized carbons (Fsp3) is 0.357. The molecule has 2 aromatic rings.